The summed E-state index contributed by atoms with van der Waals surface area (Å²) in [5.74, 6) is -0.881. The van der Waals surface area contributed by atoms with Gasteiger partial charge in [-0.25, -0.2) is 0 Å². The largest absolute Gasteiger partial charge is 0.402 e. The van der Waals surface area contributed by atoms with Crippen LogP contribution in [0.15, 0.2) is 54.2 Å². The van der Waals surface area contributed by atoms with E-state index in [9.17, 15) is 22.8 Å². The molecule has 2 aromatic carbocycles. The van der Waals surface area contributed by atoms with Crippen molar-refractivity contribution in [2.24, 2.45) is 5.16 Å². The van der Waals surface area contributed by atoms with Gasteiger partial charge in [-0.1, -0.05) is 40.5 Å². The summed E-state index contributed by atoms with van der Waals surface area (Å²) in [5.41, 5.74) is -1.36. The third-order valence-electron chi connectivity index (χ3n) is 5.57. The predicted molar refractivity (Wildman–Crippen MR) is 128 cm³/mol. The van der Waals surface area contributed by atoms with Crippen LogP contribution in [0.2, 0.25) is 10.0 Å². The van der Waals surface area contributed by atoms with Crippen molar-refractivity contribution in [3.05, 3.63) is 81.4 Å². The van der Waals surface area contributed by atoms with Crippen molar-refractivity contribution < 1.29 is 27.6 Å². The first-order chi connectivity index (χ1) is 16.5. The van der Waals surface area contributed by atoms with Gasteiger partial charge < -0.3 is 15.5 Å². The highest BCUT2D eigenvalue weighted by molar-refractivity contribution is 6.34. The smallest absolute Gasteiger partial charge is 0.394 e. The highest BCUT2D eigenvalue weighted by atomic mass is 35.5. The van der Waals surface area contributed by atoms with Crippen LogP contribution in [0.1, 0.15) is 33.5 Å². The standard InChI is InChI=1S/C24H22Cl2F3N3O3/c1-3-6-30-21(33)12-31-22(34)19-5-4-15(7-14(19)2)20-11-23(13-35-32-20,24(27,28)29)16-8-17(25)10-18(26)9-16/h3-5,7-10H,1,6,11-13H2,2H3,(H,30,33)(H,31,34). The summed E-state index contributed by atoms with van der Waals surface area (Å²) in [6, 6.07) is 8.29. The van der Waals surface area contributed by atoms with Gasteiger partial charge in [-0.3, -0.25) is 9.59 Å². The highest BCUT2D eigenvalue weighted by Gasteiger charge is 2.58. The van der Waals surface area contributed by atoms with Gasteiger partial charge in [0, 0.05) is 28.6 Å². The lowest BCUT2D eigenvalue weighted by Gasteiger charge is -2.38. The number of hydrogen-bond acceptors (Lipinski definition) is 4. The quantitative estimate of drug-likeness (QED) is 0.499. The average molecular weight is 528 g/mol. The van der Waals surface area contributed by atoms with E-state index in [1.165, 1.54) is 36.4 Å². The fourth-order valence-corrected chi connectivity index (χ4v) is 4.23. The molecule has 0 bridgehead atoms. The van der Waals surface area contributed by atoms with E-state index in [2.05, 4.69) is 22.4 Å². The molecule has 2 aromatic rings. The Bertz CT molecular complexity index is 1160. The Kier molecular flexibility index (Phi) is 8.12. The number of carbonyl (C=O) groups is 2. The minimum atomic E-state index is -4.69. The monoisotopic (exact) mass is 527 g/mol. The molecular formula is C24H22Cl2F3N3O3. The fourth-order valence-electron chi connectivity index (χ4n) is 3.71. The van der Waals surface area contributed by atoms with E-state index in [1.807, 2.05) is 0 Å². The topological polar surface area (TPSA) is 79.8 Å². The van der Waals surface area contributed by atoms with Gasteiger partial charge in [0.25, 0.3) is 5.91 Å². The summed E-state index contributed by atoms with van der Waals surface area (Å²) in [5, 5.41) is 9.05. The molecule has 186 valence electrons. The molecule has 0 saturated heterocycles. The zero-order valence-corrected chi connectivity index (χ0v) is 20.2. The third kappa shape index (κ3) is 5.97. The lowest BCUT2D eigenvalue weighted by Crippen LogP contribution is -2.49. The Hall–Kier alpha value is -3.04. The van der Waals surface area contributed by atoms with Gasteiger partial charge >= 0.3 is 6.18 Å². The Balaban J connectivity index is 1.85. The lowest BCUT2D eigenvalue weighted by atomic mass is 9.74. The summed E-state index contributed by atoms with van der Waals surface area (Å²) in [6.07, 6.45) is -3.69. The maximum absolute atomic E-state index is 14.4. The molecule has 1 atom stereocenters. The van der Waals surface area contributed by atoms with Crippen molar-refractivity contribution in [3.63, 3.8) is 0 Å². The second-order valence-corrected chi connectivity index (χ2v) is 8.90. The molecule has 3 rings (SSSR count). The van der Waals surface area contributed by atoms with Crippen LogP contribution >= 0.6 is 23.2 Å². The van der Waals surface area contributed by atoms with Crippen LogP contribution in [0.4, 0.5) is 13.2 Å². The van der Waals surface area contributed by atoms with Crippen molar-refractivity contribution in [1.29, 1.82) is 0 Å². The molecular weight excluding hydrogens is 506 g/mol. The molecule has 1 heterocycles. The summed E-state index contributed by atoms with van der Waals surface area (Å²) >= 11 is 12.0. The van der Waals surface area contributed by atoms with Crippen LogP contribution in [0.25, 0.3) is 0 Å². The van der Waals surface area contributed by atoms with Gasteiger partial charge in [0.05, 0.1) is 12.3 Å². The molecule has 1 aliphatic rings. The second kappa shape index (κ2) is 10.7. The fraction of sp³-hybridized carbons (Fsp3) is 0.292. The first kappa shape index (κ1) is 26.6. The molecule has 35 heavy (non-hydrogen) atoms. The van der Waals surface area contributed by atoms with E-state index >= 15 is 0 Å². The first-order valence-electron chi connectivity index (χ1n) is 10.5. The van der Waals surface area contributed by atoms with E-state index in [1.54, 1.807) is 13.0 Å². The molecule has 0 saturated carbocycles. The van der Waals surface area contributed by atoms with Gasteiger partial charge in [0.2, 0.25) is 5.91 Å². The van der Waals surface area contributed by atoms with E-state index in [4.69, 9.17) is 28.0 Å². The van der Waals surface area contributed by atoms with Crippen LogP contribution in [0.5, 0.6) is 0 Å². The number of alkyl halides is 3. The third-order valence-corrected chi connectivity index (χ3v) is 6.01. The van der Waals surface area contributed by atoms with Crippen LogP contribution in [-0.2, 0) is 15.0 Å². The Morgan fingerprint density at radius 2 is 1.86 bits per heavy atom. The molecule has 0 spiro atoms. The molecule has 11 heteroatoms. The molecule has 2 N–H and O–H groups in total. The normalized spacial score (nSPS) is 17.7. The summed E-state index contributed by atoms with van der Waals surface area (Å²) in [7, 11) is 0. The summed E-state index contributed by atoms with van der Waals surface area (Å²) in [6.45, 7) is 4.43. The van der Waals surface area contributed by atoms with Gasteiger partial charge in [-0.2, -0.15) is 13.2 Å². The molecule has 0 radical (unpaired) electrons. The maximum atomic E-state index is 14.4. The number of amides is 2. The van der Waals surface area contributed by atoms with E-state index in [0.29, 0.717) is 11.1 Å². The van der Waals surface area contributed by atoms with E-state index < -0.39 is 30.5 Å². The van der Waals surface area contributed by atoms with E-state index in [0.717, 1.165) is 0 Å². The summed E-state index contributed by atoms with van der Waals surface area (Å²) in [4.78, 5) is 29.2. The van der Waals surface area contributed by atoms with Crippen LogP contribution in [0.3, 0.4) is 0 Å². The van der Waals surface area contributed by atoms with Crippen molar-refractivity contribution >= 4 is 40.7 Å². The SMILES string of the molecule is C=CCNC(=O)CNC(=O)c1ccc(C2=NOCC(c3cc(Cl)cc(Cl)c3)(C(F)(F)F)C2)cc1C. The predicted octanol–water partition coefficient (Wildman–Crippen LogP) is 4.96. The Morgan fingerprint density at radius 1 is 1.17 bits per heavy atom. The molecule has 1 unspecified atom stereocenters. The number of halogens is 5. The minimum absolute atomic E-state index is 0.0588. The summed E-state index contributed by atoms with van der Waals surface area (Å²) < 4.78 is 43.2. The number of nitrogens with one attached hydrogen (secondary N) is 2. The first-order valence-corrected chi connectivity index (χ1v) is 11.2. The number of rotatable bonds is 7. The number of benzene rings is 2. The van der Waals surface area contributed by atoms with Gasteiger partial charge in [0.1, 0.15) is 12.0 Å². The molecule has 0 aromatic heterocycles. The van der Waals surface area contributed by atoms with Gasteiger partial charge in [-0.15, -0.1) is 6.58 Å². The average Bonchev–Trinajstić information content (AvgIpc) is 2.79. The number of hydrogen-bond donors (Lipinski definition) is 2. The van der Waals surface area contributed by atoms with Gasteiger partial charge in [0.15, 0.2) is 0 Å². The molecule has 6 nitrogen and oxygen atoms in total. The van der Waals surface area contributed by atoms with Crippen LogP contribution < -0.4 is 10.6 Å². The highest BCUT2D eigenvalue weighted by Crippen LogP contribution is 2.47. The van der Waals surface area contributed by atoms with Gasteiger partial charge in [-0.05, 0) is 53.9 Å². The Morgan fingerprint density at radius 3 is 2.46 bits per heavy atom. The number of aryl methyl sites for hydroxylation is 1. The van der Waals surface area contributed by atoms with Crippen LogP contribution in [-0.4, -0.2) is 43.4 Å². The molecule has 0 fully saturated rings. The number of nitrogens with zero attached hydrogens (tertiary/aromatic N) is 1. The zero-order chi connectivity index (χ0) is 25.8. The van der Waals surface area contributed by atoms with Crippen LogP contribution in [0, 0.1) is 6.92 Å². The second-order valence-electron chi connectivity index (χ2n) is 8.03. The Labute approximate surface area is 210 Å². The molecule has 2 amide bonds. The minimum Gasteiger partial charge on any atom is -0.394 e. The molecule has 0 aliphatic carbocycles. The molecule has 1 aliphatic heterocycles. The lowest BCUT2D eigenvalue weighted by molar-refractivity contribution is -0.207. The zero-order valence-electron chi connectivity index (χ0n) is 18.6. The maximum Gasteiger partial charge on any atom is 0.402 e. The number of oxime groups is 1. The van der Waals surface area contributed by atoms with Crippen molar-refractivity contribution in [2.75, 3.05) is 19.7 Å². The van der Waals surface area contributed by atoms with E-state index in [-0.39, 0.29) is 45.9 Å². The number of carbonyl (C=O) groups excluding carboxylic acids is 2. The van der Waals surface area contributed by atoms with Crippen molar-refractivity contribution in [2.45, 2.75) is 24.9 Å². The van der Waals surface area contributed by atoms with Crippen molar-refractivity contribution in [1.82, 2.24) is 10.6 Å². The van der Waals surface area contributed by atoms with Crippen molar-refractivity contribution in [3.8, 4) is 0 Å².